The van der Waals surface area contributed by atoms with E-state index in [1.54, 1.807) is 16.4 Å². The van der Waals surface area contributed by atoms with Crippen LogP contribution in [0.15, 0.2) is 35.2 Å². The number of carbonyl (C=O) groups excluding carboxylic acids is 1. The number of nitrogens with zero attached hydrogens (tertiary/aromatic N) is 2. The van der Waals surface area contributed by atoms with Crippen LogP contribution in [0.2, 0.25) is 0 Å². The molecule has 0 bridgehead atoms. The van der Waals surface area contributed by atoms with Crippen LogP contribution in [0.25, 0.3) is 0 Å². The number of aryl methyl sites for hydroxylation is 2. The fourth-order valence-electron chi connectivity index (χ4n) is 2.21. The lowest BCUT2D eigenvalue weighted by atomic mass is 10.3. The maximum absolute atomic E-state index is 12.0. The van der Waals surface area contributed by atoms with E-state index in [4.69, 9.17) is 12.2 Å². The molecular formula is C17H23N5OS2. The molecule has 0 fully saturated rings. The molecule has 1 heterocycles. The largest absolute Gasteiger partial charge is 0.362 e. The van der Waals surface area contributed by atoms with E-state index in [0.717, 1.165) is 29.4 Å². The first-order valence-electron chi connectivity index (χ1n) is 7.97. The first kappa shape index (κ1) is 19.3. The molecule has 0 unspecified atom stereocenters. The topological polar surface area (TPSA) is 71.0 Å². The summed E-state index contributed by atoms with van der Waals surface area (Å²) < 4.78 is 1.75. The van der Waals surface area contributed by atoms with Gasteiger partial charge in [-0.05, 0) is 38.2 Å². The number of aromatic nitrogens is 2. The standard InChI is InChI=1S/C17H23N5OS2/c1-12-16(13(2)22(3)21-12)20-15(23)11-19-17(24)18-9-10-25-14-7-5-4-6-8-14/h4-8H,9-11H2,1-3H3,(H,20,23)(H2,18,19,24). The third kappa shape index (κ3) is 6.06. The summed E-state index contributed by atoms with van der Waals surface area (Å²) in [7, 11) is 1.85. The molecule has 134 valence electrons. The van der Waals surface area contributed by atoms with Crippen molar-refractivity contribution >= 4 is 40.7 Å². The molecular weight excluding hydrogens is 354 g/mol. The minimum atomic E-state index is -0.151. The maximum Gasteiger partial charge on any atom is 0.243 e. The SMILES string of the molecule is Cc1nn(C)c(C)c1NC(=O)CNC(=S)NCCSc1ccccc1. The van der Waals surface area contributed by atoms with Crippen molar-refractivity contribution in [3.63, 3.8) is 0 Å². The summed E-state index contributed by atoms with van der Waals surface area (Å²) in [6, 6.07) is 10.2. The minimum absolute atomic E-state index is 0.117. The molecule has 6 nitrogen and oxygen atoms in total. The second-order valence-corrected chi connectivity index (χ2v) is 7.07. The summed E-state index contributed by atoms with van der Waals surface area (Å²) in [5.74, 6) is 0.744. The lowest BCUT2D eigenvalue weighted by Crippen LogP contribution is -2.40. The van der Waals surface area contributed by atoms with Gasteiger partial charge in [-0.2, -0.15) is 5.10 Å². The molecule has 8 heteroatoms. The minimum Gasteiger partial charge on any atom is -0.362 e. The van der Waals surface area contributed by atoms with Crippen LogP contribution >= 0.6 is 24.0 Å². The summed E-state index contributed by atoms with van der Waals surface area (Å²) in [6.07, 6.45) is 0. The number of amides is 1. The normalized spacial score (nSPS) is 10.4. The first-order valence-corrected chi connectivity index (χ1v) is 9.36. The van der Waals surface area contributed by atoms with Gasteiger partial charge in [-0.3, -0.25) is 9.48 Å². The van der Waals surface area contributed by atoms with Gasteiger partial charge in [0.15, 0.2) is 5.11 Å². The molecule has 1 aromatic heterocycles. The highest BCUT2D eigenvalue weighted by atomic mass is 32.2. The van der Waals surface area contributed by atoms with E-state index in [-0.39, 0.29) is 12.5 Å². The molecule has 0 radical (unpaired) electrons. The van der Waals surface area contributed by atoms with E-state index in [1.807, 2.05) is 39.1 Å². The molecule has 2 rings (SSSR count). The number of thioether (sulfide) groups is 1. The molecule has 0 saturated heterocycles. The number of thiocarbonyl (C=S) groups is 1. The summed E-state index contributed by atoms with van der Waals surface area (Å²) in [5, 5.41) is 13.6. The van der Waals surface area contributed by atoms with Crippen molar-refractivity contribution in [3.8, 4) is 0 Å². The monoisotopic (exact) mass is 377 g/mol. The average Bonchev–Trinajstić information content (AvgIpc) is 2.84. The Morgan fingerprint density at radius 2 is 1.96 bits per heavy atom. The maximum atomic E-state index is 12.0. The van der Waals surface area contributed by atoms with Gasteiger partial charge in [0.05, 0.1) is 23.6 Å². The molecule has 0 spiro atoms. The highest BCUT2D eigenvalue weighted by Gasteiger charge is 2.12. The summed E-state index contributed by atoms with van der Waals surface area (Å²) in [6.45, 7) is 4.63. The van der Waals surface area contributed by atoms with Crippen LogP contribution in [0.4, 0.5) is 5.69 Å². The predicted molar refractivity (Wildman–Crippen MR) is 107 cm³/mol. The van der Waals surface area contributed by atoms with Gasteiger partial charge in [-0.25, -0.2) is 0 Å². The first-order chi connectivity index (χ1) is 12.0. The van der Waals surface area contributed by atoms with E-state index in [1.165, 1.54) is 4.90 Å². The molecule has 0 aliphatic heterocycles. The Bertz CT molecular complexity index is 730. The Labute approximate surface area is 157 Å². The highest BCUT2D eigenvalue weighted by Crippen LogP contribution is 2.18. The molecule has 2 aromatic rings. The van der Waals surface area contributed by atoms with E-state index in [0.29, 0.717) is 5.11 Å². The molecule has 0 aliphatic carbocycles. The number of benzene rings is 1. The number of anilines is 1. The number of carbonyl (C=O) groups is 1. The van der Waals surface area contributed by atoms with Crippen LogP contribution < -0.4 is 16.0 Å². The van der Waals surface area contributed by atoms with Crippen molar-refractivity contribution in [3.05, 3.63) is 41.7 Å². The number of hydrogen-bond acceptors (Lipinski definition) is 4. The molecule has 0 atom stereocenters. The Balaban J connectivity index is 1.65. The quantitative estimate of drug-likeness (QED) is 0.390. The van der Waals surface area contributed by atoms with E-state index < -0.39 is 0 Å². The van der Waals surface area contributed by atoms with Crippen molar-refractivity contribution in [2.75, 3.05) is 24.2 Å². The van der Waals surface area contributed by atoms with Gasteiger partial charge in [0.25, 0.3) is 0 Å². The third-order valence-electron chi connectivity index (χ3n) is 3.58. The zero-order chi connectivity index (χ0) is 18.2. The molecule has 1 aromatic carbocycles. The van der Waals surface area contributed by atoms with Gasteiger partial charge < -0.3 is 16.0 Å². The van der Waals surface area contributed by atoms with Gasteiger partial charge in [-0.15, -0.1) is 11.8 Å². The Hall–Kier alpha value is -2.06. The molecule has 0 aliphatic rings. The zero-order valence-corrected chi connectivity index (χ0v) is 16.3. The Morgan fingerprint density at radius 1 is 1.24 bits per heavy atom. The molecule has 0 saturated carbocycles. The fraction of sp³-hybridized carbons (Fsp3) is 0.353. The number of nitrogens with one attached hydrogen (secondary N) is 3. The molecule has 1 amide bonds. The summed E-state index contributed by atoms with van der Waals surface area (Å²) in [4.78, 5) is 13.3. The third-order valence-corrected chi connectivity index (χ3v) is 4.88. The average molecular weight is 378 g/mol. The molecule has 3 N–H and O–H groups in total. The number of hydrogen-bond donors (Lipinski definition) is 3. The van der Waals surface area contributed by atoms with Crippen LogP contribution in [0.5, 0.6) is 0 Å². The van der Waals surface area contributed by atoms with Crippen molar-refractivity contribution in [1.29, 1.82) is 0 Å². The second-order valence-electron chi connectivity index (χ2n) is 5.49. The predicted octanol–water partition coefficient (Wildman–Crippen LogP) is 2.23. The smallest absolute Gasteiger partial charge is 0.243 e. The van der Waals surface area contributed by atoms with Crippen molar-refractivity contribution in [1.82, 2.24) is 20.4 Å². The zero-order valence-electron chi connectivity index (χ0n) is 14.6. The van der Waals surface area contributed by atoms with Gasteiger partial charge >= 0.3 is 0 Å². The fourth-order valence-corrected chi connectivity index (χ4v) is 3.17. The van der Waals surface area contributed by atoms with Gasteiger partial charge in [0, 0.05) is 24.2 Å². The lowest BCUT2D eigenvalue weighted by Gasteiger charge is -2.11. The van der Waals surface area contributed by atoms with Gasteiger partial charge in [0.2, 0.25) is 5.91 Å². The van der Waals surface area contributed by atoms with E-state index in [9.17, 15) is 4.79 Å². The number of rotatable bonds is 7. The van der Waals surface area contributed by atoms with Crippen LogP contribution in [-0.4, -0.2) is 39.6 Å². The van der Waals surface area contributed by atoms with Crippen LogP contribution in [0.3, 0.4) is 0 Å². The summed E-state index contributed by atoms with van der Waals surface area (Å²) in [5.41, 5.74) is 2.48. The van der Waals surface area contributed by atoms with Crippen LogP contribution in [0.1, 0.15) is 11.4 Å². The Morgan fingerprint density at radius 3 is 2.60 bits per heavy atom. The van der Waals surface area contributed by atoms with Gasteiger partial charge in [0.1, 0.15) is 0 Å². The van der Waals surface area contributed by atoms with Crippen molar-refractivity contribution in [2.24, 2.45) is 7.05 Å². The lowest BCUT2D eigenvalue weighted by molar-refractivity contribution is -0.115. The Kier molecular flexibility index (Phi) is 7.27. The van der Waals surface area contributed by atoms with Crippen LogP contribution in [-0.2, 0) is 11.8 Å². The summed E-state index contributed by atoms with van der Waals surface area (Å²) >= 11 is 6.95. The van der Waals surface area contributed by atoms with Gasteiger partial charge in [-0.1, -0.05) is 18.2 Å². The van der Waals surface area contributed by atoms with Crippen molar-refractivity contribution < 1.29 is 4.79 Å². The van der Waals surface area contributed by atoms with Crippen LogP contribution in [0, 0.1) is 13.8 Å². The molecule has 25 heavy (non-hydrogen) atoms. The van der Waals surface area contributed by atoms with E-state index in [2.05, 4.69) is 33.2 Å². The van der Waals surface area contributed by atoms with Crippen molar-refractivity contribution in [2.45, 2.75) is 18.7 Å². The second kappa shape index (κ2) is 9.43. The highest BCUT2D eigenvalue weighted by molar-refractivity contribution is 7.99. The van der Waals surface area contributed by atoms with E-state index >= 15 is 0 Å².